The van der Waals surface area contributed by atoms with E-state index < -0.39 is 0 Å². The Balaban J connectivity index is 1.65. The molecular weight excluding hydrogens is 410 g/mol. The number of nitrogen functional groups attached to an aromatic ring is 1. The maximum atomic E-state index is 12.2. The number of carbonyl (C=O) groups excluding carboxylic acids is 1. The number of fused-ring (bicyclic) bond motifs is 2. The van der Waals surface area contributed by atoms with Crippen LogP contribution in [0.1, 0.15) is 39.5 Å². The summed E-state index contributed by atoms with van der Waals surface area (Å²) in [5.41, 5.74) is 8.57. The summed E-state index contributed by atoms with van der Waals surface area (Å²) in [5.74, 6) is 1.83. The summed E-state index contributed by atoms with van der Waals surface area (Å²) in [6.45, 7) is 7.76. The Bertz CT molecular complexity index is 1250. The average molecular weight is 430 g/mol. The Morgan fingerprint density at radius 2 is 2.03 bits per heavy atom. The number of esters is 1. The van der Waals surface area contributed by atoms with Gasteiger partial charge in [0.15, 0.2) is 10.8 Å². The van der Waals surface area contributed by atoms with Gasteiger partial charge in [-0.2, -0.15) is 0 Å². The van der Waals surface area contributed by atoms with Crippen molar-refractivity contribution in [2.24, 2.45) is 0 Å². The molecule has 0 saturated heterocycles. The zero-order chi connectivity index (χ0) is 20.7. The molecule has 0 aliphatic heterocycles. The highest BCUT2D eigenvalue weighted by atomic mass is 32.2. The van der Waals surface area contributed by atoms with Crippen molar-refractivity contribution in [1.82, 2.24) is 29.5 Å². The number of thiophene rings is 1. The number of rotatable bonds is 5. The van der Waals surface area contributed by atoms with Crippen LogP contribution in [0.2, 0.25) is 0 Å². The Hall–Kier alpha value is -2.79. The largest absolute Gasteiger partial charge is 0.462 e. The lowest BCUT2D eigenvalue weighted by Gasteiger charge is -2.05. The number of thioether (sulfide) groups is 1. The molecule has 29 heavy (non-hydrogen) atoms. The Kier molecular flexibility index (Phi) is 5.09. The van der Waals surface area contributed by atoms with E-state index >= 15 is 0 Å². The molecule has 0 saturated carbocycles. The summed E-state index contributed by atoms with van der Waals surface area (Å²) in [5, 5.41) is 9.87. The number of aromatic nitrogens is 6. The van der Waals surface area contributed by atoms with Crippen molar-refractivity contribution in [3.05, 3.63) is 33.8 Å². The molecule has 9 nitrogen and oxygen atoms in total. The zero-order valence-corrected chi connectivity index (χ0v) is 18.0. The first-order valence-corrected chi connectivity index (χ1v) is 10.7. The highest BCUT2D eigenvalue weighted by Crippen LogP contribution is 2.34. The van der Waals surface area contributed by atoms with E-state index in [2.05, 4.69) is 25.1 Å². The third kappa shape index (κ3) is 3.51. The fourth-order valence-corrected chi connectivity index (χ4v) is 5.04. The van der Waals surface area contributed by atoms with Gasteiger partial charge in [0.2, 0.25) is 0 Å². The van der Waals surface area contributed by atoms with Gasteiger partial charge in [-0.3, -0.25) is 4.40 Å². The number of nitrogens with two attached hydrogens (primary N) is 1. The van der Waals surface area contributed by atoms with Crippen molar-refractivity contribution in [2.45, 2.75) is 38.6 Å². The number of carbonyl (C=O) groups is 1. The van der Waals surface area contributed by atoms with Crippen molar-refractivity contribution in [3.63, 3.8) is 0 Å². The van der Waals surface area contributed by atoms with Crippen LogP contribution < -0.4 is 5.73 Å². The van der Waals surface area contributed by atoms with Crippen molar-refractivity contribution < 1.29 is 9.53 Å². The van der Waals surface area contributed by atoms with Crippen LogP contribution in [0, 0.1) is 20.8 Å². The quantitative estimate of drug-likeness (QED) is 0.377. The molecule has 0 amide bonds. The number of hydrogen-bond acceptors (Lipinski definition) is 10. The van der Waals surface area contributed by atoms with E-state index in [1.165, 1.54) is 23.1 Å². The second-order valence-electron chi connectivity index (χ2n) is 6.39. The smallest absolute Gasteiger partial charge is 0.348 e. The van der Waals surface area contributed by atoms with Crippen LogP contribution >= 0.6 is 23.1 Å². The van der Waals surface area contributed by atoms with E-state index in [1.54, 1.807) is 6.92 Å². The first-order chi connectivity index (χ1) is 13.9. The van der Waals surface area contributed by atoms with Gasteiger partial charge in [0.25, 0.3) is 0 Å². The van der Waals surface area contributed by atoms with Crippen LogP contribution in [-0.4, -0.2) is 42.1 Å². The number of anilines is 1. The van der Waals surface area contributed by atoms with E-state index in [9.17, 15) is 4.79 Å². The van der Waals surface area contributed by atoms with Crippen LogP contribution in [0.25, 0.3) is 15.9 Å². The molecule has 0 fully saturated rings. The fourth-order valence-electron chi connectivity index (χ4n) is 3.10. The lowest BCUT2D eigenvalue weighted by Crippen LogP contribution is -2.04. The minimum atomic E-state index is -0.364. The standard InChI is InChI=1S/C18H19N7O2S2/c1-5-27-17(26)14-9(3)13-15(19)21-11(22-16(13)29-14)7-28-18-24-23-12-6-8(2)20-10(4)25(12)18/h6H,5,7H2,1-4H3,(H2,19,21,22). The van der Waals surface area contributed by atoms with Gasteiger partial charge in [-0.25, -0.2) is 19.7 Å². The molecule has 0 spiro atoms. The van der Waals surface area contributed by atoms with Gasteiger partial charge >= 0.3 is 5.97 Å². The molecule has 0 aromatic carbocycles. The molecule has 4 heterocycles. The van der Waals surface area contributed by atoms with Crippen LogP contribution in [0.5, 0.6) is 0 Å². The number of aryl methyl sites for hydroxylation is 3. The predicted octanol–water partition coefficient (Wildman–Crippen LogP) is 3.11. The minimum Gasteiger partial charge on any atom is -0.462 e. The number of hydrogen-bond donors (Lipinski definition) is 1. The SMILES string of the molecule is CCOC(=O)c1sc2nc(CSc3nnc4cc(C)nc(C)n34)nc(N)c2c1C. The molecule has 4 rings (SSSR count). The van der Waals surface area contributed by atoms with Crippen LogP contribution in [0.15, 0.2) is 11.2 Å². The molecule has 0 aliphatic rings. The Morgan fingerprint density at radius 3 is 2.79 bits per heavy atom. The maximum absolute atomic E-state index is 12.2. The third-order valence-electron chi connectivity index (χ3n) is 4.31. The highest BCUT2D eigenvalue weighted by molar-refractivity contribution is 7.98. The molecule has 150 valence electrons. The van der Waals surface area contributed by atoms with Crippen molar-refractivity contribution in [3.8, 4) is 0 Å². The van der Waals surface area contributed by atoms with Crippen molar-refractivity contribution in [1.29, 1.82) is 0 Å². The highest BCUT2D eigenvalue weighted by Gasteiger charge is 2.21. The lowest BCUT2D eigenvalue weighted by molar-refractivity contribution is 0.0531. The number of nitrogens with zero attached hydrogens (tertiary/aromatic N) is 6. The van der Waals surface area contributed by atoms with Gasteiger partial charge < -0.3 is 10.5 Å². The summed E-state index contributed by atoms with van der Waals surface area (Å²) in [6.07, 6.45) is 0. The Morgan fingerprint density at radius 1 is 1.24 bits per heavy atom. The second-order valence-corrected chi connectivity index (χ2v) is 8.33. The zero-order valence-electron chi connectivity index (χ0n) is 16.4. The number of ether oxygens (including phenoxy) is 1. The van der Waals surface area contributed by atoms with E-state index in [0.717, 1.165) is 22.7 Å². The van der Waals surface area contributed by atoms with Crippen molar-refractivity contribution in [2.75, 3.05) is 12.3 Å². The normalized spacial score (nSPS) is 11.4. The monoisotopic (exact) mass is 429 g/mol. The van der Waals surface area contributed by atoms with E-state index in [1.807, 2.05) is 31.2 Å². The molecule has 0 bridgehead atoms. The van der Waals surface area contributed by atoms with E-state index in [4.69, 9.17) is 10.5 Å². The Labute approximate surface area is 174 Å². The summed E-state index contributed by atoms with van der Waals surface area (Å²) >= 11 is 2.73. The fraction of sp³-hybridized carbons (Fsp3) is 0.333. The summed E-state index contributed by atoms with van der Waals surface area (Å²) in [7, 11) is 0. The molecule has 11 heteroatoms. The molecule has 0 radical (unpaired) electrons. The van der Waals surface area contributed by atoms with Gasteiger partial charge in [0.05, 0.1) is 17.7 Å². The minimum absolute atomic E-state index is 0.315. The molecule has 4 aromatic heterocycles. The van der Waals surface area contributed by atoms with Gasteiger partial charge in [-0.1, -0.05) is 11.8 Å². The summed E-state index contributed by atoms with van der Waals surface area (Å²) in [6, 6.07) is 1.88. The molecule has 0 atom stereocenters. The topological polar surface area (TPSA) is 121 Å². The molecule has 0 unspecified atom stereocenters. The predicted molar refractivity (Wildman–Crippen MR) is 112 cm³/mol. The summed E-state index contributed by atoms with van der Waals surface area (Å²) in [4.78, 5) is 26.8. The van der Waals surface area contributed by atoms with Gasteiger partial charge in [0, 0.05) is 11.8 Å². The van der Waals surface area contributed by atoms with Crippen molar-refractivity contribution >= 4 is 50.7 Å². The summed E-state index contributed by atoms with van der Waals surface area (Å²) < 4.78 is 7.02. The van der Waals surface area contributed by atoms with Gasteiger partial charge in [-0.05, 0) is 33.3 Å². The lowest BCUT2D eigenvalue weighted by atomic mass is 10.2. The van der Waals surface area contributed by atoms with Gasteiger partial charge in [-0.15, -0.1) is 21.5 Å². The molecule has 2 N–H and O–H groups in total. The third-order valence-corrected chi connectivity index (χ3v) is 6.40. The molecule has 4 aromatic rings. The first kappa shape index (κ1) is 19.5. The molecule has 0 aliphatic carbocycles. The van der Waals surface area contributed by atoms with Crippen LogP contribution in [0.3, 0.4) is 0 Å². The van der Waals surface area contributed by atoms with Crippen LogP contribution in [0.4, 0.5) is 5.82 Å². The van der Waals surface area contributed by atoms with E-state index in [-0.39, 0.29) is 5.97 Å². The maximum Gasteiger partial charge on any atom is 0.348 e. The van der Waals surface area contributed by atoms with E-state index in [0.29, 0.717) is 44.3 Å². The first-order valence-electron chi connectivity index (χ1n) is 8.93. The second kappa shape index (κ2) is 7.56. The average Bonchev–Trinajstić information content (AvgIpc) is 3.21. The van der Waals surface area contributed by atoms with Crippen LogP contribution in [-0.2, 0) is 10.5 Å². The molecular formula is C18H19N7O2S2. The van der Waals surface area contributed by atoms with Gasteiger partial charge in [0.1, 0.15) is 27.2 Å².